The molecule has 5 nitrogen and oxygen atoms in total. The van der Waals surface area contributed by atoms with E-state index in [1.807, 2.05) is 37.4 Å². The summed E-state index contributed by atoms with van der Waals surface area (Å²) in [6.07, 6.45) is 5.38. The van der Waals surface area contributed by atoms with E-state index >= 15 is 0 Å². The molecule has 1 N–H and O–H groups in total. The number of ether oxygens (including phenoxy) is 2. The maximum absolute atomic E-state index is 13.1. The fraction of sp³-hybridized carbons (Fsp3) is 0.379. The number of anilines is 1. The molecule has 1 saturated carbocycles. The van der Waals surface area contributed by atoms with Crippen LogP contribution in [0, 0.1) is 0 Å². The minimum absolute atomic E-state index is 0.271. The molecule has 2 aromatic carbocycles. The Morgan fingerprint density at radius 3 is 2.29 bits per heavy atom. The number of para-hydroxylation sites is 1. The van der Waals surface area contributed by atoms with Crippen molar-refractivity contribution < 1.29 is 19.1 Å². The van der Waals surface area contributed by atoms with E-state index in [2.05, 4.69) is 29.6 Å². The fourth-order valence-corrected chi connectivity index (χ4v) is 5.44. The van der Waals surface area contributed by atoms with Gasteiger partial charge < -0.3 is 14.8 Å². The minimum atomic E-state index is -0.730. The highest BCUT2D eigenvalue weighted by Crippen LogP contribution is 2.38. The van der Waals surface area contributed by atoms with Crippen molar-refractivity contribution >= 4 is 28.2 Å². The van der Waals surface area contributed by atoms with Crippen molar-refractivity contribution in [2.45, 2.75) is 71.0 Å². The maximum atomic E-state index is 13.1. The number of nitrogens with one attached hydrogen (secondary N) is 1. The van der Waals surface area contributed by atoms with E-state index in [4.69, 9.17) is 9.47 Å². The molecular formula is C29H33NO4S. The lowest BCUT2D eigenvalue weighted by atomic mass is 9.83. The third-order valence-corrected chi connectivity index (χ3v) is 7.19. The number of benzene rings is 2. The van der Waals surface area contributed by atoms with Crippen molar-refractivity contribution in [1.29, 1.82) is 0 Å². The smallest absolute Gasteiger partial charge is 0.342 e. The predicted octanol–water partition coefficient (Wildman–Crippen LogP) is 7.43. The zero-order chi connectivity index (χ0) is 24.8. The lowest BCUT2D eigenvalue weighted by molar-refractivity contribution is -0.122. The van der Waals surface area contributed by atoms with Crippen molar-refractivity contribution in [1.82, 2.24) is 0 Å². The van der Waals surface area contributed by atoms with Gasteiger partial charge in [0.05, 0.1) is 6.10 Å². The highest BCUT2D eigenvalue weighted by atomic mass is 32.1. The van der Waals surface area contributed by atoms with E-state index in [-0.39, 0.29) is 12.0 Å². The number of amides is 1. The molecule has 1 unspecified atom stereocenters. The first-order chi connectivity index (χ1) is 16.9. The van der Waals surface area contributed by atoms with Gasteiger partial charge in [0, 0.05) is 10.9 Å². The van der Waals surface area contributed by atoms with E-state index < -0.39 is 12.1 Å². The first-order valence-electron chi connectivity index (χ1n) is 12.4. The highest BCUT2D eigenvalue weighted by Gasteiger charge is 2.26. The zero-order valence-corrected chi connectivity index (χ0v) is 21.4. The van der Waals surface area contributed by atoms with Crippen LogP contribution in [0.4, 0.5) is 5.00 Å². The summed E-state index contributed by atoms with van der Waals surface area (Å²) in [5.74, 6) is 0.458. The average molecular weight is 492 g/mol. The van der Waals surface area contributed by atoms with Crippen LogP contribution in [0.3, 0.4) is 0 Å². The van der Waals surface area contributed by atoms with Gasteiger partial charge in [-0.2, -0.15) is 0 Å². The molecule has 1 aromatic heterocycles. The number of carbonyl (C=O) groups excluding carboxylic acids is 2. The number of hydrogen-bond donors (Lipinski definition) is 1. The van der Waals surface area contributed by atoms with Gasteiger partial charge in [-0.1, -0.05) is 61.7 Å². The number of esters is 1. The van der Waals surface area contributed by atoms with Crippen LogP contribution >= 0.6 is 11.3 Å². The third-order valence-electron chi connectivity index (χ3n) is 6.30. The summed E-state index contributed by atoms with van der Waals surface area (Å²) in [4.78, 5) is 26.0. The second-order valence-electron chi connectivity index (χ2n) is 9.33. The molecule has 0 saturated heterocycles. The van der Waals surface area contributed by atoms with E-state index in [1.54, 1.807) is 19.1 Å². The van der Waals surface area contributed by atoms with Crippen molar-refractivity contribution in [3.05, 3.63) is 71.1 Å². The molecule has 0 bridgehead atoms. The summed E-state index contributed by atoms with van der Waals surface area (Å²) in [5, 5.41) is 5.27. The molecule has 184 valence electrons. The normalized spacial score (nSPS) is 15.0. The largest absolute Gasteiger partial charge is 0.481 e. The van der Waals surface area contributed by atoms with E-state index in [0.29, 0.717) is 22.2 Å². The van der Waals surface area contributed by atoms with Gasteiger partial charge in [0.1, 0.15) is 16.3 Å². The lowest BCUT2D eigenvalue weighted by Crippen LogP contribution is -2.30. The van der Waals surface area contributed by atoms with E-state index in [9.17, 15) is 9.59 Å². The second kappa shape index (κ2) is 11.5. The van der Waals surface area contributed by atoms with Crippen LogP contribution in [-0.4, -0.2) is 24.1 Å². The summed E-state index contributed by atoms with van der Waals surface area (Å²) >= 11 is 1.32. The Kier molecular flexibility index (Phi) is 8.24. The predicted molar refractivity (Wildman–Crippen MR) is 141 cm³/mol. The highest BCUT2D eigenvalue weighted by molar-refractivity contribution is 7.15. The van der Waals surface area contributed by atoms with Gasteiger partial charge >= 0.3 is 5.97 Å². The third kappa shape index (κ3) is 6.31. The molecule has 0 aliphatic heterocycles. The Bertz CT molecular complexity index is 1130. The Hall–Kier alpha value is -3.12. The fourth-order valence-electron chi connectivity index (χ4n) is 4.48. The average Bonchev–Trinajstić information content (AvgIpc) is 3.28. The summed E-state index contributed by atoms with van der Waals surface area (Å²) in [6, 6.07) is 17.7. The second-order valence-corrected chi connectivity index (χ2v) is 10.2. The van der Waals surface area contributed by atoms with Crippen LogP contribution < -0.4 is 10.1 Å². The SMILES string of the molecule is CC(C)OC(=O)c1c(-c2ccc(C3CCCCC3)cc2)csc1NC(=O)C(C)Oc1ccccc1. The Labute approximate surface area is 211 Å². The molecule has 1 amide bonds. The molecule has 0 radical (unpaired) electrons. The van der Waals surface area contributed by atoms with Gasteiger partial charge in [-0.05, 0) is 62.8 Å². The van der Waals surface area contributed by atoms with E-state index in [1.165, 1.54) is 49.0 Å². The van der Waals surface area contributed by atoms with Gasteiger partial charge in [-0.3, -0.25) is 4.79 Å². The van der Waals surface area contributed by atoms with Crippen LogP contribution in [-0.2, 0) is 9.53 Å². The van der Waals surface area contributed by atoms with Crippen LogP contribution in [0.2, 0.25) is 0 Å². The first kappa shape index (κ1) is 25.0. The molecular weight excluding hydrogens is 458 g/mol. The minimum Gasteiger partial charge on any atom is -0.481 e. The van der Waals surface area contributed by atoms with Crippen LogP contribution in [0.5, 0.6) is 5.75 Å². The molecule has 1 aliphatic rings. The Morgan fingerprint density at radius 1 is 0.943 bits per heavy atom. The molecule has 0 spiro atoms. The van der Waals surface area contributed by atoms with Crippen molar-refractivity contribution in [2.24, 2.45) is 0 Å². The molecule has 35 heavy (non-hydrogen) atoms. The van der Waals surface area contributed by atoms with Gasteiger partial charge in [0.15, 0.2) is 6.10 Å². The molecule has 1 atom stereocenters. The van der Waals surface area contributed by atoms with Gasteiger partial charge in [-0.15, -0.1) is 11.3 Å². The molecule has 6 heteroatoms. The van der Waals surface area contributed by atoms with Crippen LogP contribution in [0.25, 0.3) is 11.1 Å². The lowest BCUT2D eigenvalue weighted by Gasteiger charge is -2.22. The van der Waals surface area contributed by atoms with Gasteiger partial charge in [0.2, 0.25) is 0 Å². The molecule has 1 aliphatic carbocycles. The van der Waals surface area contributed by atoms with Crippen molar-refractivity contribution in [3.63, 3.8) is 0 Å². The number of thiophene rings is 1. The van der Waals surface area contributed by atoms with Crippen molar-refractivity contribution in [2.75, 3.05) is 5.32 Å². The topological polar surface area (TPSA) is 64.6 Å². The summed E-state index contributed by atoms with van der Waals surface area (Å²) in [5.41, 5.74) is 3.44. The number of hydrogen-bond acceptors (Lipinski definition) is 5. The molecule has 4 rings (SSSR count). The summed E-state index contributed by atoms with van der Waals surface area (Å²) in [7, 11) is 0. The zero-order valence-electron chi connectivity index (χ0n) is 20.6. The first-order valence-corrected chi connectivity index (χ1v) is 13.3. The van der Waals surface area contributed by atoms with E-state index in [0.717, 1.165) is 11.1 Å². The Morgan fingerprint density at radius 2 is 1.63 bits per heavy atom. The summed E-state index contributed by atoms with van der Waals surface area (Å²) < 4.78 is 11.3. The van der Waals surface area contributed by atoms with Gasteiger partial charge in [-0.25, -0.2) is 4.79 Å². The van der Waals surface area contributed by atoms with Gasteiger partial charge in [0.25, 0.3) is 5.91 Å². The number of carbonyl (C=O) groups is 2. The monoisotopic (exact) mass is 491 g/mol. The molecule has 1 fully saturated rings. The maximum Gasteiger partial charge on any atom is 0.342 e. The van der Waals surface area contributed by atoms with Crippen LogP contribution in [0.1, 0.15) is 74.7 Å². The molecule has 1 heterocycles. The number of rotatable bonds is 8. The standard InChI is InChI=1S/C29H33NO4S/c1-19(2)33-29(32)26-25(23-16-14-22(15-17-23)21-10-6-4-7-11-21)18-35-28(26)30-27(31)20(3)34-24-12-8-5-9-13-24/h5,8-9,12-21H,4,6-7,10-11H2,1-3H3,(H,30,31). The van der Waals surface area contributed by atoms with Crippen LogP contribution in [0.15, 0.2) is 60.0 Å². The van der Waals surface area contributed by atoms with Crippen molar-refractivity contribution in [3.8, 4) is 16.9 Å². The Balaban J connectivity index is 1.57. The quantitative estimate of drug-likeness (QED) is 0.333. The summed E-state index contributed by atoms with van der Waals surface area (Å²) in [6.45, 7) is 5.32. The molecule has 3 aromatic rings.